The van der Waals surface area contributed by atoms with Gasteiger partial charge >= 0.3 is 0 Å². The topological polar surface area (TPSA) is 28.2 Å². The molecule has 118 valence electrons. The van der Waals surface area contributed by atoms with Gasteiger partial charge in [0.15, 0.2) is 0 Å². The highest BCUT2D eigenvalue weighted by atomic mass is 19.1. The van der Waals surface area contributed by atoms with Gasteiger partial charge < -0.3 is 10.2 Å². The number of hydrogen-bond donors (Lipinski definition) is 1. The number of fused-ring (bicyclic) bond motifs is 1. The minimum absolute atomic E-state index is 0.265. The summed E-state index contributed by atoms with van der Waals surface area (Å²) in [6.45, 7) is 1.61. The van der Waals surface area contributed by atoms with Crippen molar-refractivity contribution in [2.45, 2.75) is 13.1 Å². The third-order valence-electron chi connectivity index (χ3n) is 3.62. The van der Waals surface area contributed by atoms with Crippen molar-refractivity contribution in [2.24, 2.45) is 0 Å². The summed E-state index contributed by atoms with van der Waals surface area (Å²) in [6.07, 6.45) is 0. The molecule has 2 aromatic carbocycles. The summed E-state index contributed by atoms with van der Waals surface area (Å²) in [6, 6.07) is 17.0. The van der Waals surface area contributed by atoms with Gasteiger partial charge in [0.2, 0.25) is 0 Å². The Morgan fingerprint density at radius 3 is 2.61 bits per heavy atom. The van der Waals surface area contributed by atoms with E-state index in [1.807, 2.05) is 12.1 Å². The molecule has 0 aliphatic rings. The van der Waals surface area contributed by atoms with Crippen LogP contribution in [0.3, 0.4) is 0 Å². The van der Waals surface area contributed by atoms with Gasteiger partial charge in [-0.2, -0.15) is 0 Å². The van der Waals surface area contributed by atoms with E-state index in [1.54, 1.807) is 6.07 Å². The Morgan fingerprint density at radius 2 is 1.78 bits per heavy atom. The average molecular weight is 309 g/mol. The van der Waals surface area contributed by atoms with Gasteiger partial charge in [-0.15, -0.1) is 0 Å². The number of nitrogens with one attached hydrogen (secondary N) is 1. The molecule has 3 aromatic rings. The summed E-state index contributed by atoms with van der Waals surface area (Å²) in [7, 11) is 4.12. The van der Waals surface area contributed by atoms with E-state index < -0.39 is 0 Å². The second kappa shape index (κ2) is 6.75. The Labute approximate surface area is 135 Å². The van der Waals surface area contributed by atoms with Crippen LogP contribution in [0.5, 0.6) is 0 Å². The number of benzene rings is 2. The zero-order chi connectivity index (χ0) is 16.2. The normalized spacial score (nSPS) is 11.1. The van der Waals surface area contributed by atoms with Crippen molar-refractivity contribution in [2.75, 3.05) is 19.4 Å². The molecule has 23 heavy (non-hydrogen) atoms. The molecule has 1 N–H and O–H groups in total. The van der Waals surface area contributed by atoms with Crippen LogP contribution in [0.1, 0.15) is 11.1 Å². The van der Waals surface area contributed by atoms with Crippen molar-refractivity contribution < 1.29 is 4.39 Å². The number of hydrogen-bond acceptors (Lipinski definition) is 3. The third kappa shape index (κ3) is 4.05. The van der Waals surface area contributed by atoms with E-state index in [4.69, 9.17) is 0 Å². The van der Waals surface area contributed by atoms with Crippen LogP contribution in [-0.4, -0.2) is 24.0 Å². The van der Waals surface area contributed by atoms with Crippen molar-refractivity contribution in [3.8, 4) is 0 Å². The number of aromatic nitrogens is 1. The first kappa shape index (κ1) is 15.4. The molecule has 0 unspecified atom stereocenters. The quantitative estimate of drug-likeness (QED) is 0.771. The second-order valence-corrected chi connectivity index (χ2v) is 5.94. The fourth-order valence-electron chi connectivity index (χ4n) is 2.58. The number of halogens is 1. The van der Waals surface area contributed by atoms with Gasteiger partial charge in [0, 0.05) is 24.5 Å². The summed E-state index contributed by atoms with van der Waals surface area (Å²) in [5.41, 5.74) is 3.14. The SMILES string of the molecule is CN(C)Cc1cccc(CNc2ccc3ccc(F)cc3n2)c1. The fourth-order valence-corrected chi connectivity index (χ4v) is 2.58. The Balaban J connectivity index is 1.73. The summed E-state index contributed by atoms with van der Waals surface area (Å²) in [4.78, 5) is 6.61. The molecule has 1 heterocycles. The molecule has 0 aliphatic carbocycles. The number of rotatable bonds is 5. The maximum atomic E-state index is 13.3. The van der Waals surface area contributed by atoms with Crippen molar-refractivity contribution >= 4 is 16.7 Å². The minimum Gasteiger partial charge on any atom is -0.366 e. The van der Waals surface area contributed by atoms with Crippen molar-refractivity contribution in [1.29, 1.82) is 0 Å². The molecule has 0 aliphatic heterocycles. The van der Waals surface area contributed by atoms with Gasteiger partial charge in [0.1, 0.15) is 11.6 Å². The van der Waals surface area contributed by atoms with Crippen LogP contribution in [0, 0.1) is 5.82 Å². The smallest absolute Gasteiger partial charge is 0.126 e. The average Bonchev–Trinajstić information content (AvgIpc) is 2.52. The number of nitrogens with zero attached hydrogens (tertiary/aromatic N) is 2. The predicted octanol–water partition coefficient (Wildman–Crippen LogP) is 4.05. The summed E-state index contributed by atoms with van der Waals surface area (Å²) < 4.78 is 13.3. The van der Waals surface area contributed by atoms with Gasteiger partial charge in [-0.25, -0.2) is 9.37 Å². The molecule has 3 rings (SSSR count). The van der Waals surface area contributed by atoms with Crippen LogP contribution in [0.25, 0.3) is 10.9 Å². The van der Waals surface area contributed by atoms with Crippen molar-refractivity contribution in [3.63, 3.8) is 0 Å². The van der Waals surface area contributed by atoms with E-state index in [1.165, 1.54) is 23.3 Å². The Kier molecular flexibility index (Phi) is 4.53. The van der Waals surface area contributed by atoms with Crippen LogP contribution in [0.4, 0.5) is 10.2 Å². The molecule has 0 saturated carbocycles. The molecule has 0 saturated heterocycles. The lowest BCUT2D eigenvalue weighted by Crippen LogP contribution is -2.11. The molecule has 0 atom stereocenters. The molecule has 0 radical (unpaired) electrons. The van der Waals surface area contributed by atoms with E-state index >= 15 is 0 Å². The zero-order valence-electron chi connectivity index (χ0n) is 13.4. The van der Waals surface area contributed by atoms with Crippen LogP contribution >= 0.6 is 0 Å². The van der Waals surface area contributed by atoms with E-state index in [9.17, 15) is 4.39 Å². The van der Waals surface area contributed by atoms with Crippen LogP contribution in [-0.2, 0) is 13.1 Å². The highest BCUT2D eigenvalue weighted by molar-refractivity contribution is 5.80. The largest absolute Gasteiger partial charge is 0.366 e. The van der Waals surface area contributed by atoms with E-state index in [-0.39, 0.29) is 5.82 Å². The van der Waals surface area contributed by atoms with E-state index in [0.29, 0.717) is 12.1 Å². The molecule has 0 amide bonds. The Hall–Kier alpha value is -2.46. The number of anilines is 1. The monoisotopic (exact) mass is 309 g/mol. The molecule has 3 nitrogen and oxygen atoms in total. The lowest BCUT2D eigenvalue weighted by atomic mass is 10.1. The van der Waals surface area contributed by atoms with E-state index in [0.717, 1.165) is 17.7 Å². The maximum absolute atomic E-state index is 13.3. The maximum Gasteiger partial charge on any atom is 0.126 e. The number of pyridine rings is 1. The first-order valence-electron chi connectivity index (χ1n) is 7.63. The summed E-state index contributed by atoms with van der Waals surface area (Å²) in [5, 5.41) is 4.24. The summed E-state index contributed by atoms with van der Waals surface area (Å²) >= 11 is 0. The second-order valence-electron chi connectivity index (χ2n) is 5.94. The Morgan fingerprint density at radius 1 is 1.00 bits per heavy atom. The molecular weight excluding hydrogens is 289 g/mol. The van der Waals surface area contributed by atoms with Gasteiger partial charge in [-0.1, -0.05) is 24.3 Å². The molecule has 4 heteroatoms. The molecule has 0 fully saturated rings. The molecule has 0 bridgehead atoms. The predicted molar refractivity (Wildman–Crippen MR) is 92.9 cm³/mol. The van der Waals surface area contributed by atoms with Gasteiger partial charge in [-0.3, -0.25) is 0 Å². The van der Waals surface area contributed by atoms with Crippen LogP contribution < -0.4 is 5.32 Å². The van der Waals surface area contributed by atoms with Crippen LogP contribution in [0.15, 0.2) is 54.6 Å². The zero-order valence-corrected chi connectivity index (χ0v) is 13.4. The third-order valence-corrected chi connectivity index (χ3v) is 3.62. The lowest BCUT2D eigenvalue weighted by Gasteiger charge is -2.11. The molecule has 1 aromatic heterocycles. The molecular formula is C19H20FN3. The Bertz CT molecular complexity index is 815. The standard InChI is InChI=1S/C19H20FN3/c1-23(2)13-15-5-3-4-14(10-15)12-21-19-9-7-16-6-8-17(20)11-18(16)22-19/h3-11H,12-13H2,1-2H3,(H,21,22). The summed E-state index contributed by atoms with van der Waals surface area (Å²) in [5.74, 6) is 0.486. The first-order chi connectivity index (χ1) is 11.1. The fraction of sp³-hybridized carbons (Fsp3) is 0.211. The van der Waals surface area contributed by atoms with Crippen molar-refractivity contribution in [3.05, 3.63) is 71.5 Å². The lowest BCUT2D eigenvalue weighted by molar-refractivity contribution is 0.402. The highest BCUT2D eigenvalue weighted by Crippen LogP contribution is 2.17. The van der Waals surface area contributed by atoms with Gasteiger partial charge in [0.05, 0.1) is 5.52 Å². The van der Waals surface area contributed by atoms with E-state index in [2.05, 4.69) is 53.6 Å². The van der Waals surface area contributed by atoms with Crippen LogP contribution in [0.2, 0.25) is 0 Å². The highest BCUT2D eigenvalue weighted by Gasteiger charge is 2.02. The molecule has 0 spiro atoms. The first-order valence-corrected chi connectivity index (χ1v) is 7.63. The minimum atomic E-state index is -0.265. The van der Waals surface area contributed by atoms with Gasteiger partial charge in [-0.05, 0) is 49.5 Å². The van der Waals surface area contributed by atoms with Crippen molar-refractivity contribution in [1.82, 2.24) is 9.88 Å². The van der Waals surface area contributed by atoms with Gasteiger partial charge in [0.25, 0.3) is 0 Å².